The van der Waals surface area contributed by atoms with Gasteiger partial charge in [-0.25, -0.2) is 4.98 Å². The summed E-state index contributed by atoms with van der Waals surface area (Å²) < 4.78 is 10.5. The first-order valence-corrected chi connectivity index (χ1v) is 7.01. The lowest BCUT2D eigenvalue weighted by Gasteiger charge is -2.17. The Labute approximate surface area is 121 Å². The third kappa shape index (κ3) is 3.08. The minimum Gasteiger partial charge on any atom is -0.497 e. The Morgan fingerprint density at radius 2 is 2.15 bits per heavy atom. The molecular weight excluding hydrogens is 276 g/mol. The highest BCUT2D eigenvalue weighted by Crippen LogP contribution is 2.29. The second kappa shape index (κ2) is 6.38. The lowest BCUT2D eigenvalue weighted by Crippen LogP contribution is -2.27. The lowest BCUT2D eigenvalue weighted by molar-refractivity contribution is 0.0935. The molecule has 5 nitrogen and oxygen atoms in total. The van der Waals surface area contributed by atoms with Crippen molar-refractivity contribution >= 4 is 17.2 Å². The van der Waals surface area contributed by atoms with Crippen LogP contribution in [0.5, 0.6) is 11.5 Å². The summed E-state index contributed by atoms with van der Waals surface area (Å²) in [5.41, 5.74) is 2.91. The Bertz CT molecular complexity index is 584. The van der Waals surface area contributed by atoms with Gasteiger partial charge in [-0.2, -0.15) is 0 Å². The highest BCUT2D eigenvalue weighted by molar-refractivity contribution is 7.07. The molecule has 106 valence electrons. The van der Waals surface area contributed by atoms with Crippen molar-refractivity contribution in [2.24, 2.45) is 0 Å². The first kappa shape index (κ1) is 14.3. The Morgan fingerprint density at radius 3 is 2.75 bits per heavy atom. The first-order chi connectivity index (χ1) is 9.65. The van der Waals surface area contributed by atoms with E-state index in [-0.39, 0.29) is 11.9 Å². The van der Waals surface area contributed by atoms with E-state index in [1.807, 2.05) is 25.1 Å². The number of methoxy groups -OCH3 is 2. The quantitative estimate of drug-likeness (QED) is 0.920. The monoisotopic (exact) mass is 292 g/mol. The molecule has 2 aromatic rings. The van der Waals surface area contributed by atoms with Crippen LogP contribution in [-0.4, -0.2) is 25.1 Å². The van der Waals surface area contributed by atoms with E-state index in [9.17, 15) is 4.79 Å². The van der Waals surface area contributed by atoms with Gasteiger partial charge in [0.25, 0.3) is 5.91 Å². The smallest absolute Gasteiger partial charge is 0.271 e. The molecule has 1 aromatic carbocycles. The van der Waals surface area contributed by atoms with Crippen LogP contribution in [0.2, 0.25) is 0 Å². The van der Waals surface area contributed by atoms with E-state index in [0.717, 1.165) is 11.3 Å². The van der Waals surface area contributed by atoms with Gasteiger partial charge in [0.15, 0.2) is 0 Å². The lowest BCUT2D eigenvalue weighted by atomic mass is 10.1. The van der Waals surface area contributed by atoms with Crippen molar-refractivity contribution in [3.8, 4) is 11.5 Å². The molecule has 0 spiro atoms. The maximum atomic E-state index is 12.0. The van der Waals surface area contributed by atoms with Crippen LogP contribution in [0.4, 0.5) is 0 Å². The highest BCUT2D eigenvalue weighted by Gasteiger charge is 2.17. The van der Waals surface area contributed by atoms with Crippen LogP contribution >= 0.6 is 11.3 Å². The summed E-state index contributed by atoms with van der Waals surface area (Å²) in [6, 6.07) is 5.27. The number of hydrogen-bond acceptors (Lipinski definition) is 5. The van der Waals surface area contributed by atoms with Crippen molar-refractivity contribution in [2.45, 2.75) is 13.0 Å². The van der Waals surface area contributed by atoms with Crippen molar-refractivity contribution in [1.29, 1.82) is 0 Å². The van der Waals surface area contributed by atoms with E-state index in [2.05, 4.69) is 10.3 Å². The third-order valence-corrected chi connectivity index (χ3v) is 3.50. The Morgan fingerprint density at radius 1 is 1.35 bits per heavy atom. The fourth-order valence-electron chi connectivity index (χ4n) is 1.85. The van der Waals surface area contributed by atoms with E-state index < -0.39 is 0 Å². The second-order valence-electron chi connectivity index (χ2n) is 4.18. The molecule has 0 bridgehead atoms. The van der Waals surface area contributed by atoms with Gasteiger partial charge in [-0.3, -0.25) is 4.79 Å². The molecule has 2 rings (SSSR count). The molecule has 1 N–H and O–H groups in total. The van der Waals surface area contributed by atoms with E-state index >= 15 is 0 Å². The molecule has 1 unspecified atom stereocenters. The molecule has 0 saturated carbocycles. The molecule has 0 aliphatic rings. The molecule has 6 heteroatoms. The largest absolute Gasteiger partial charge is 0.497 e. The number of amides is 1. The maximum Gasteiger partial charge on any atom is 0.271 e. The Hall–Kier alpha value is -2.08. The Balaban J connectivity index is 2.19. The predicted octanol–water partition coefficient (Wildman–Crippen LogP) is 2.65. The van der Waals surface area contributed by atoms with Crippen LogP contribution in [-0.2, 0) is 0 Å². The molecule has 0 aliphatic carbocycles. The average molecular weight is 292 g/mol. The maximum absolute atomic E-state index is 12.0. The van der Waals surface area contributed by atoms with Crippen LogP contribution in [0, 0.1) is 0 Å². The SMILES string of the molecule is COc1ccc(OC)c(C(C)NC(=O)c2cscn2)c1. The Kier molecular flexibility index (Phi) is 4.57. The highest BCUT2D eigenvalue weighted by atomic mass is 32.1. The molecule has 20 heavy (non-hydrogen) atoms. The predicted molar refractivity (Wildman–Crippen MR) is 77.5 cm³/mol. The van der Waals surface area contributed by atoms with Gasteiger partial charge >= 0.3 is 0 Å². The summed E-state index contributed by atoms with van der Waals surface area (Å²) in [6.07, 6.45) is 0. The standard InChI is InChI=1S/C14H16N2O3S/c1-9(16-14(17)12-7-20-8-15-12)11-6-10(18-2)4-5-13(11)19-3/h4-9H,1-3H3,(H,16,17). The van der Waals surface area contributed by atoms with E-state index in [1.165, 1.54) is 11.3 Å². The summed E-state index contributed by atoms with van der Waals surface area (Å²) in [5, 5.41) is 4.61. The molecule has 0 radical (unpaired) electrons. The number of hydrogen-bond donors (Lipinski definition) is 1. The third-order valence-electron chi connectivity index (χ3n) is 2.92. The summed E-state index contributed by atoms with van der Waals surface area (Å²) in [7, 11) is 3.20. The van der Waals surface area contributed by atoms with Crippen molar-refractivity contribution in [3.63, 3.8) is 0 Å². The fourth-order valence-corrected chi connectivity index (χ4v) is 2.38. The second-order valence-corrected chi connectivity index (χ2v) is 4.90. The van der Waals surface area contributed by atoms with Crippen LogP contribution in [0.25, 0.3) is 0 Å². The zero-order valence-electron chi connectivity index (χ0n) is 11.5. The number of aromatic nitrogens is 1. The average Bonchev–Trinajstić information content (AvgIpc) is 3.00. The topological polar surface area (TPSA) is 60.5 Å². The molecule has 1 aromatic heterocycles. The minimum absolute atomic E-state index is 0.205. The number of rotatable bonds is 5. The van der Waals surface area contributed by atoms with Gasteiger partial charge in [0.2, 0.25) is 0 Å². The van der Waals surface area contributed by atoms with E-state index in [1.54, 1.807) is 25.1 Å². The summed E-state index contributed by atoms with van der Waals surface area (Å²) in [4.78, 5) is 16.0. The van der Waals surface area contributed by atoms with Crippen molar-refractivity contribution in [3.05, 3.63) is 40.3 Å². The number of ether oxygens (including phenoxy) is 2. The fraction of sp³-hybridized carbons (Fsp3) is 0.286. The van der Waals surface area contributed by atoms with Crippen molar-refractivity contribution in [1.82, 2.24) is 10.3 Å². The van der Waals surface area contributed by atoms with Gasteiger partial charge in [-0.15, -0.1) is 11.3 Å². The normalized spacial score (nSPS) is 11.8. The summed E-state index contributed by atoms with van der Waals surface area (Å²) >= 11 is 1.39. The van der Waals surface area contributed by atoms with Gasteiger partial charge < -0.3 is 14.8 Å². The number of nitrogens with one attached hydrogen (secondary N) is 1. The van der Waals surface area contributed by atoms with Crippen molar-refractivity contribution in [2.75, 3.05) is 14.2 Å². The number of carbonyl (C=O) groups excluding carboxylic acids is 1. The van der Waals surface area contributed by atoms with Gasteiger partial charge in [0.05, 0.1) is 25.8 Å². The van der Waals surface area contributed by atoms with Crippen LogP contribution in [0.1, 0.15) is 29.0 Å². The molecule has 1 amide bonds. The zero-order chi connectivity index (χ0) is 14.5. The van der Waals surface area contributed by atoms with Gasteiger partial charge in [-0.1, -0.05) is 0 Å². The van der Waals surface area contributed by atoms with Crippen LogP contribution in [0.15, 0.2) is 29.1 Å². The van der Waals surface area contributed by atoms with Gasteiger partial charge in [-0.05, 0) is 25.1 Å². The van der Waals surface area contributed by atoms with E-state index in [4.69, 9.17) is 9.47 Å². The van der Waals surface area contributed by atoms with Crippen molar-refractivity contribution < 1.29 is 14.3 Å². The number of carbonyl (C=O) groups is 1. The minimum atomic E-state index is -0.214. The first-order valence-electron chi connectivity index (χ1n) is 6.06. The molecule has 0 fully saturated rings. The summed E-state index contributed by atoms with van der Waals surface area (Å²) in [5.74, 6) is 1.22. The van der Waals surface area contributed by atoms with Gasteiger partial charge in [0.1, 0.15) is 17.2 Å². The van der Waals surface area contributed by atoms with Gasteiger partial charge in [0, 0.05) is 10.9 Å². The van der Waals surface area contributed by atoms with E-state index in [0.29, 0.717) is 11.4 Å². The molecule has 0 saturated heterocycles. The van der Waals surface area contributed by atoms with Crippen LogP contribution in [0.3, 0.4) is 0 Å². The molecule has 1 atom stereocenters. The van der Waals surface area contributed by atoms with Crippen LogP contribution < -0.4 is 14.8 Å². The number of benzene rings is 1. The summed E-state index contributed by atoms with van der Waals surface area (Å²) in [6.45, 7) is 1.89. The number of thiazole rings is 1. The zero-order valence-corrected chi connectivity index (χ0v) is 12.4. The molecular formula is C14H16N2O3S. The molecule has 1 heterocycles. The number of nitrogens with zero attached hydrogens (tertiary/aromatic N) is 1. The molecule has 0 aliphatic heterocycles.